The zero-order valence-corrected chi connectivity index (χ0v) is 13.8. The summed E-state index contributed by atoms with van der Waals surface area (Å²) in [5.41, 5.74) is 0.616. The molecule has 0 bridgehead atoms. The maximum Gasteiger partial charge on any atom is 0.251 e. The van der Waals surface area contributed by atoms with E-state index in [9.17, 15) is 4.79 Å². The molecule has 1 amide bonds. The summed E-state index contributed by atoms with van der Waals surface area (Å²) in [6, 6.07) is 8.83. The summed E-state index contributed by atoms with van der Waals surface area (Å²) in [7, 11) is 1.66. The van der Waals surface area contributed by atoms with Crippen molar-refractivity contribution in [2.24, 2.45) is 5.92 Å². The molecular formula is C16H23N5O2. The summed E-state index contributed by atoms with van der Waals surface area (Å²) >= 11 is 0. The van der Waals surface area contributed by atoms with Crippen LogP contribution in [0.1, 0.15) is 42.5 Å². The maximum absolute atomic E-state index is 12.3. The Hall–Kier alpha value is -2.28. The average Bonchev–Trinajstić information content (AvgIpc) is 3.01. The molecular weight excluding hydrogens is 294 g/mol. The van der Waals surface area contributed by atoms with Crippen molar-refractivity contribution in [3.63, 3.8) is 0 Å². The number of carbonyl (C=O) groups excluding carboxylic acids is 1. The van der Waals surface area contributed by atoms with E-state index in [4.69, 9.17) is 4.74 Å². The van der Waals surface area contributed by atoms with E-state index in [2.05, 4.69) is 20.7 Å². The molecule has 1 atom stereocenters. The molecule has 1 heterocycles. The molecule has 0 saturated heterocycles. The fraction of sp³-hybridized carbons (Fsp3) is 0.500. The smallest absolute Gasteiger partial charge is 0.251 e. The summed E-state index contributed by atoms with van der Waals surface area (Å²) in [6.07, 6.45) is 0.815. The summed E-state index contributed by atoms with van der Waals surface area (Å²) in [4.78, 5) is 13.9. The summed E-state index contributed by atoms with van der Waals surface area (Å²) in [5, 5.41) is 15.5. The molecule has 0 aliphatic heterocycles. The lowest BCUT2D eigenvalue weighted by molar-refractivity contribution is 0.0923. The summed E-state index contributed by atoms with van der Waals surface area (Å²) in [5.74, 6) is 0.543. The van der Waals surface area contributed by atoms with Crippen molar-refractivity contribution in [1.82, 2.24) is 25.5 Å². The van der Waals surface area contributed by atoms with Gasteiger partial charge in [0.05, 0.1) is 12.6 Å². The predicted molar refractivity (Wildman–Crippen MR) is 85.8 cm³/mol. The molecule has 124 valence electrons. The van der Waals surface area contributed by atoms with Crippen molar-refractivity contribution in [3.05, 3.63) is 41.7 Å². The number of tetrazole rings is 1. The van der Waals surface area contributed by atoms with Gasteiger partial charge in [0, 0.05) is 19.3 Å². The first-order chi connectivity index (χ1) is 11.1. The maximum atomic E-state index is 12.3. The fourth-order valence-electron chi connectivity index (χ4n) is 2.17. The highest BCUT2D eigenvalue weighted by molar-refractivity contribution is 5.94. The van der Waals surface area contributed by atoms with Crippen LogP contribution in [-0.4, -0.2) is 39.8 Å². The minimum Gasteiger partial charge on any atom is -0.385 e. The van der Waals surface area contributed by atoms with Gasteiger partial charge in [-0.2, -0.15) is 4.80 Å². The second-order valence-electron chi connectivity index (χ2n) is 5.65. The molecule has 0 radical (unpaired) electrons. The number of aryl methyl sites for hydroxylation is 1. The lowest BCUT2D eigenvalue weighted by atomic mass is 10.0. The lowest BCUT2D eigenvalue weighted by Gasteiger charge is -2.19. The molecule has 0 saturated carbocycles. The highest BCUT2D eigenvalue weighted by Crippen LogP contribution is 2.18. The zero-order valence-electron chi connectivity index (χ0n) is 13.8. The number of aromatic nitrogens is 4. The molecule has 1 aromatic carbocycles. The first-order valence-electron chi connectivity index (χ1n) is 7.74. The number of rotatable bonds is 8. The Morgan fingerprint density at radius 1 is 1.30 bits per heavy atom. The Kier molecular flexibility index (Phi) is 6.22. The third kappa shape index (κ3) is 4.85. The van der Waals surface area contributed by atoms with E-state index >= 15 is 0 Å². The normalized spacial score (nSPS) is 12.3. The van der Waals surface area contributed by atoms with Crippen molar-refractivity contribution < 1.29 is 9.53 Å². The minimum absolute atomic E-state index is 0.139. The molecule has 7 heteroatoms. The zero-order chi connectivity index (χ0) is 16.7. The van der Waals surface area contributed by atoms with Crippen LogP contribution in [0.2, 0.25) is 0 Å². The van der Waals surface area contributed by atoms with E-state index in [1.807, 2.05) is 32.0 Å². The number of hydrogen-bond acceptors (Lipinski definition) is 5. The van der Waals surface area contributed by atoms with Gasteiger partial charge < -0.3 is 10.1 Å². The van der Waals surface area contributed by atoms with Crippen LogP contribution in [0.15, 0.2) is 30.3 Å². The lowest BCUT2D eigenvalue weighted by Crippen LogP contribution is -2.32. The standard InChI is InChI=1S/C16H23N5O2/c1-12(2)14(17-16(22)13-8-5-4-6-9-13)15-18-20-21(19-15)10-7-11-23-3/h4-6,8-9,12,14H,7,10-11H2,1-3H3,(H,17,22)/t14-/m1/s1. The van der Waals surface area contributed by atoms with Crippen molar-refractivity contribution in [1.29, 1.82) is 0 Å². The van der Waals surface area contributed by atoms with Gasteiger partial charge in [0.25, 0.3) is 5.91 Å². The highest BCUT2D eigenvalue weighted by Gasteiger charge is 2.23. The third-order valence-electron chi connectivity index (χ3n) is 3.44. The molecule has 1 aromatic heterocycles. The van der Waals surface area contributed by atoms with Crippen molar-refractivity contribution in [2.45, 2.75) is 32.9 Å². The van der Waals surface area contributed by atoms with Crippen molar-refractivity contribution >= 4 is 5.91 Å². The van der Waals surface area contributed by atoms with Crippen molar-refractivity contribution in [3.8, 4) is 0 Å². The van der Waals surface area contributed by atoms with Crippen LogP contribution < -0.4 is 5.32 Å². The molecule has 2 aromatic rings. The largest absolute Gasteiger partial charge is 0.385 e. The van der Waals surface area contributed by atoms with Gasteiger partial charge in [0.1, 0.15) is 0 Å². The quantitative estimate of drug-likeness (QED) is 0.751. The first kappa shape index (κ1) is 17.1. The fourth-order valence-corrected chi connectivity index (χ4v) is 2.17. The van der Waals surface area contributed by atoms with Crippen LogP contribution in [0.25, 0.3) is 0 Å². The summed E-state index contributed by atoms with van der Waals surface area (Å²) < 4.78 is 5.01. The van der Waals surface area contributed by atoms with Gasteiger partial charge in [-0.3, -0.25) is 4.79 Å². The van der Waals surface area contributed by atoms with Gasteiger partial charge in [-0.25, -0.2) is 0 Å². The van der Waals surface area contributed by atoms with E-state index in [-0.39, 0.29) is 17.9 Å². The SMILES string of the molecule is COCCCn1nnc([C@H](NC(=O)c2ccccc2)C(C)C)n1. The predicted octanol–water partition coefficient (Wildman–Crippen LogP) is 1.84. The van der Waals surface area contributed by atoms with Crippen LogP contribution in [0.4, 0.5) is 0 Å². The van der Waals surface area contributed by atoms with Crippen LogP contribution >= 0.6 is 0 Å². The van der Waals surface area contributed by atoms with Gasteiger partial charge in [-0.15, -0.1) is 10.2 Å². The van der Waals surface area contributed by atoms with Gasteiger partial charge in [0.15, 0.2) is 5.82 Å². The number of benzene rings is 1. The molecule has 0 spiro atoms. The molecule has 2 rings (SSSR count). The molecule has 0 aliphatic carbocycles. The summed E-state index contributed by atoms with van der Waals surface area (Å²) in [6.45, 7) is 5.32. The van der Waals surface area contributed by atoms with Gasteiger partial charge in [-0.05, 0) is 29.7 Å². The van der Waals surface area contributed by atoms with Crippen LogP contribution in [0, 0.1) is 5.92 Å². The van der Waals surface area contributed by atoms with Crippen molar-refractivity contribution in [2.75, 3.05) is 13.7 Å². The van der Waals surface area contributed by atoms with E-state index in [1.165, 1.54) is 0 Å². The van der Waals surface area contributed by atoms with Crippen LogP contribution in [-0.2, 0) is 11.3 Å². The molecule has 23 heavy (non-hydrogen) atoms. The van der Waals surface area contributed by atoms with E-state index in [0.29, 0.717) is 24.5 Å². The third-order valence-corrected chi connectivity index (χ3v) is 3.44. The van der Waals surface area contributed by atoms with Crippen LogP contribution in [0.5, 0.6) is 0 Å². The van der Waals surface area contributed by atoms with E-state index in [0.717, 1.165) is 6.42 Å². The van der Waals surface area contributed by atoms with E-state index in [1.54, 1.807) is 24.0 Å². The number of nitrogens with zero attached hydrogens (tertiary/aromatic N) is 4. The Balaban J connectivity index is 2.05. The van der Waals surface area contributed by atoms with Gasteiger partial charge >= 0.3 is 0 Å². The Morgan fingerprint density at radius 2 is 2.04 bits per heavy atom. The monoisotopic (exact) mass is 317 g/mol. The molecule has 1 N–H and O–H groups in total. The number of methoxy groups -OCH3 is 1. The average molecular weight is 317 g/mol. The minimum atomic E-state index is -0.279. The second-order valence-corrected chi connectivity index (χ2v) is 5.65. The topological polar surface area (TPSA) is 81.9 Å². The number of ether oxygens (including phenoxy) is 1. The number of amides is 1. The Labute approximate surface area is 136 Å². The number of nitrogens with one attached hydrogen (secondary N) is 1. The number of hydrogen-bond donors (Lipinski definition) is 1. The first-order valence-corrected chi connectivity index (χ1v) is 7.74. The molecule has 0 aliphatic rings. The van der Waals surface area contributed by atoms with E-state index < -0.39 is 0 Å². The molecule has 0 fully saturated rings. The number of carbonyl (C=O) groups is 1. The Bertz CT molecular complexity index is 612. The second kappa shape index (κ2) is 8.38. The van der Waals surface area contributed by atoms with Gasteiger partial charge in [0.2, 0.25) is 0 Å². The van der Waals surface area contributed by atoms with Crippen LogP contribution in [0.3, 0.4) is 0 Å². The Morgan fingerprint density at radius 3 is 2.70 bits per heavy atom. The molecule has 7 nitrogen and oxygen atoms in total. The highest BCUT2D eigenvalue weighted by atomic mass is 16.5. The molecule has 0 unspecified atom stereocenters. The van der Waals surface area contributed by atoms with Gasteiger partial charge in [-0.1, -0.05) is 32.0 Å².